The molecule has 2 aromatic heterocycles. The van der Waals surface area contributed by atoms with Crippen LogP contribution in [0, 0.1) is 17.7 Å². The molecule has 0 aliphatic carbocycles. The van der Waals surface area contributed by atoms with Crippen molar-refractivity contribution < 1.29 is 9.47 Å². The number of aromatic nitrogens is 3. The number of benzene rings is 2. The minimum atomic E-state index is 0.0354. The summed E-state index contributed by atoms with van der Waals surface area (Å²) in [5.74, 6) is 1.76. The average molecular weight is 458 g/mol. The molecule has 9 nitrogen and oxygen atoms in total. The van der Waals surface area contributed by atoms with Gasteiger partial charge in [-0.3, -0.25) is 15.2 Å². The smallest absolute Gasteiger partial charge is 0.213 e. The molecule has 9 heteroatoms. The number of nitrogens with one attached hydrogen (secondary N) is 3. The molecule has 0 bridgehead atoms. The molecule has 0 amide bonds. The first kappa shape index (κ1) is 22.8. The molecule has 2 aromatic carbocycles. The summed E-state index contributed by atoms with van der Waals surface area (Å²) in [6, 6.07) is 13.5. The highest BCUT2D eigenvalue weighted by molar-refractivity contribution is 5.95. The van der Waals surface area contributed by atoms with Crippen LogP contribution in [0.25, 0.3) is 16.9 Å². The fourth-order valence-electron chi connectivity index (χ4n) is 3.46. The molecular formula is C25H27N7O2. The van der Waals surface area contributed by atoms with Gasteiger partial charge in [-0.05, 0) is 55.0 Å². The van der Waals surface area contributed by atoms with E-state index in [0.717, 1.165) is 28.3 Å². The maximum absolute atomic E-state index is 8.22. The van der Waals surface area contributed by atoms with Crippen molar-refractivity contribution >= 4 is 28.9 Å². The Morgan fingerprint density at radius 3 is 2.53 bits per heavy atom. The third-order valence-electron chi connectivity index (χ3n) is 5.44. The molecule has 174 valence electrons. The van der Waals surface area contributed by atoms with Crippen LogP contribution in [-0.2, 0) is 4.74 Å². The van der Waals surface area contributed by atoms with Gasteiger partial charge in [-0.2, -0.15) is 0 Å². The quantitative estimate of drug-likeness (QED) is 0.281. The predicted molar refractivity (Wildman–Crippen MR) is 134 cm³/mol. The molecule has 0 unspecified atom stereocenters. The number of anilines is 2. The lowest BCUT2D eigenvalue weighted by atomic mass is 10.1. The van der Waals surface area contributed by atoms with E-state index in [0.29, 0.717) is 22.9 Å². The molecular weight excluding hydrogens is 430 g/mol. The van der Waals surface area contributed by atoms with Crippen LogP contribution in [0.1, 0.15) is 11.1 Å². The molecule has 34 heavy (non-hydrogen) atoms. The summed E-state index contributed by atoms with van der Waals surface area (Å²) in [5, 5.41) is 19.4. The Morgan fingerprint density at radius 1 is 1.09 bits per heavy atom. The van der Waals surface area contributed by atoms with E-state index >= 15 is 0 Å². The summed E-state index contributed by atoms with van der Waals surface area (Å²) in [6.45, 7) is 1.97. The van der Waals surface area contributed by atoms with E-state index < -0.39 is 0 Å². The van der Waals surface area contributed by atoms with Crippen molar-refractivity contribution in [3.63, 3.8) is 0 Å². The Bertz CT molecular complexity index is 1340. The molecule has 0 aliphatic rings. The summed E-state index contributed by atoms with van der Waals surface area (Å²) in [4.78, 5) is 10.7. The second kappa shape index (κ2) is 9.62. The minimum Gasteiger partial charge on any atom is -0.497 e. The van der Waals surface area contributed by atoms with Gasteiger partial charge >= 0.3 is 0 Å². The number of nitrogens with zero attached hydrogens (tertiary/aromatic N) is 4. The van der Waals surface area contributed by atoms with Gasteiger partial charge in [0, 0.05) is 43.3 Å². The average Bonchev–Trinajstić information content (AvgIpc) is 3.27. The summed E-state index contributed by atoms with van der Waals surface area (Å²) in [6.07, 6.45) is 5.43. The monoisotopic (exact) mass is 457 g/mol. The fraction of sp³-hybridized carbons (Fsp3) is 0.200. The van der Waals surface area contributed by atoms with E-state index in [1.54, 1.807) is 32.3 Å². The van der Waals surface area contributed by atoms with Crippen molar-refractivity contribution in [2.45, 2.75) is 6.92 Å². The number of hydrogen-bond donors (Lipinski definition) is 3. The second-order valence-corrected chi connectivity index (χ2v) is 7.96. The van der Waals surface area contributed by atoms with Crippen LogP contribution in [-0.4, -0.2) is 58.8 Å². The molecule has 4 rings (SSSR count). The Kier molecular flexibility index (Phi) is 6.44. The van der Waals surface area contributed by atoms with E-state index in [4.69, 9.17) is 20.3 Å². The van der Waals surface area contributed by atoms with Gasteiger partial charge in [-0.1, -0.05) is 0 Å². The Labute approximate surface area is 198 Å². The highest BCUT2D eigenvalue weighted by Crippen LogP contribution is 2.27. The Morgan fingerprint density at radius 2 is 1.85 bits per heavy atom. The van der Waals surface area contributed by atoms with Gasteiger partial charge in [0.05, 0.1) is 19.0 Å². The Hall–Kier alpha value is -4.40. The summed E-state index contributed by atoms with van der Waals surface area (Å²) < 4.78 is 12.7. The second-order valence-electron chi connectivity index (χ2n) is 7.96. The molecule has 2 heterocycles. The molecule has 0 saturated heterocycles. The van der Waals surface area contributed by atoms with Crippen LogP contribution in [0.5, 0.6) is 5.75 Å². The number of amidine groups is 1. The molecule has 0 saturated carbocycles. The highest BCUT2D eigenvalue weighted by Gasteiger charge is 2.13. The number of fused-ring (bicyclic) bond motifs is 1. The lowest BCUT2D eigenvalue weighted by Gasteiger charge is -2.16. The number of methoxy groups -OCH3 is 1. The Balaban J connectivity index is 1.54. The van der Waals surface area contributed by atoms with Crippen LogP contribution < -0.4 is 10.1 Å². The SMILES string of the molecule is COc1ccc(-c2cnc3c(Nc4ccc(C(=N)OCC(=N)N(C)C)c(C)c4)nccn23)cc1. The van der Waals surface area contributed by atoms with Crippen molar-refractivity contribution in [2.24, 2.45) is 0 Å². The number of likely N-dealkylation sites (N-methyl/N-ethyl adjacent to an activating group) is 1. The van der Waals surface area contributed by atoms with E-state index in [-0.39, 0.29) is 12.5 Å². The van der Waals surface area contributed by atoms with E-state index in [9.17, 15) is 0 Å². The van der Waals surface area contributed by atoms with Crippen molar-refractivity contribution in [1.82, 2.24) is 19.3 Å². The number of hydrogen-bond acceptors (Lipinski definition) is 7. The molecule has 0 atom stereocenters. The molecule has 0 aliphatic heterocycles. The third kappa shape index (κ3) is 4.68. The van der Waals surface area contributed by atoms with Gasteiger partial charge in [0.15, 0.2) is 11.5 Å². The summed E-state index contributed by atoms with van der Waals surface area (Å²) >= 11 is 0. The van der Waals surface area contributed by atoms with Crippen molar-refractivity contribution in [3.05, 3.63) is 72.2 Å². The first-order valence-electron chi connectivity index (χ1n) is 10.7. The molecule has 0 radical (unpaired) electrons. The van der Waals surface area contributed by atoms with Gasteiger partial charge in [0.2, 0.25) is 5.90 Å². The number of imidazole rings is 1. The zero-order chi connectivity index (χ0) is 24.2. The normalized spacial score (nSPS) is 10.7. The fourth-order valence-corrected chi connectivity index (χ4v) is 3.46. The van der Waals surface area contributed by atoms with Crippen molar-refractivity contribution in [3.8, 4) is 17.0 Å². The largest absolute Gasteiger partial charge is 0.497 e. The molecule has 3 N–H and O–H groups in total. The van der Waals surface area contributed by atoms with E-state index in [1.165, 1.54) is 0 Å². The van der Waals surface area contributed by atoms with Gasteiger partial charge in [0.25, 0.3) is 0 Å². The van der Waals surface area contributed by atoms with Crippen molar-refractivity contribution in [2.75, 3.05) is 33.1 Å². The predicted octanol–water partition coefficient (Wildman–Crippen LogP) is 4.34. The maximum Gasteiger partial charge on any atom is 0.213 e. The zero-order valence-corrected chi connectivity index (χ0v) is 19.6. The first-order valence-corrected chi connectivity index (χ1v) is 10.7. The standard InChI is InChI=1S/C25H27N7O2/c1-16-13-18(7-10-20(16)23(27)34-15-22(26)31(2)3)30-24-25-29-14-21(32(25)12-11-28-24)17-5-8-19(33-4)9-6-17/h5-14,26-27H,15H2,1-4H3,(H,28,30). The number of ether oxygens (including phenoxy) is 2. The van der Waals surface area contributed by atoms with Crippen LogP contribution in [0.2, 0.25) is 0 Å². The van der Waals surface area contributed by atoms with Gasteiger partial charge in [-0.15, -0.1) is 0 Å². The summed E-state index contributed by atoms with van der Waals surface area (Å²) in [5.41, 5.74) is 5.04. The number of rotatable bonds is 7. The van der Waals surface area contributed by atoms with Crippen LogP contribution in [0.15, 0.2) is 61.1 Å². The molecule has 4 aromatic rings. The van der Waals surface area contributed by atoms with Gasteiger partial charge in [-0.25, -0.2) is 9.97 Å². The first-order chi connectivity index (χ1) is 16.4. The topological polar surface area (TPSA) is 112 Å². The van der Waals surface area contributed by atoms with Crippen LogP contribution >= 0.6 is 0 Å². The van der Waals surface area contributed by atoms with Gasteiger partial charge < -0.3 is 19.7 Å². The molecule has 0 spiro atoms. The van der Waals surface area contributed by atoms with Crippen LogP contribution in [0.4, 0.5) is 11.5 Å². The van der Waals surface area contributed by atoms with Gasteiger partial charge in [0.1, 0.15) is 18.2 Å². The van der Waals surface area contributed by atoms with E-state index in [2.05, 4.69) is 15.3 Å². The minimum absolute atomic E-state index is 0.0354. The van der Waals surface area contributed by atoms with Crippen LogP contribution in [0.3, 0.4) is 0 Å². The highest BCUT2D eigenvalue weighted by atomic mass is 16.5. The molecule has 0 fully saturated rings. The lowest BCUT2D eigenvalue weighted by molar-refractivity contribution is 0.344. The van der Waals surface area contributed by atoms with Crippen molar-refractivity contribution in [1.29, 1.82) is 10.8 Å². The zero-order valence-electron chi connectivity index (χ0n) is 19.6. The summed E-state index contributed by atoms with van der Waals surface area (Å²) in [7, 11) is 5.19. The van der Waals surface area contributed by atoms with E-state index in [1.807, 2.05) is 66.2 Å². The third-order valence-corrected chi connectivity index (χ3v) is 5.44. The maximum atomic E-state index is 8.22. The number of aryl methyl sites for hydroxylation is 1. The lowest BCUT2D eigenvalue weighted by Crippen LogP contribution is -2.27.